The van der Waals surface area contributed by atoms with Crippen LogP contribution >= 0.6 is 11.3 Å². The molecule has 0 fully saturated rings. The Hall–Kier alpha value is -2.54. The smallest absolute Gasteiger partial charge is 0.301 e. The molecule has 0 bridgehead atoms. The van der Waals surface area contributed by atoms with Crippen LogP contribution in [0, 0.1) is 12.7 Å². The molecule has 0 spiro atoms. The molecule has 0 saturated heterocycles. The largest absolute Gasteiger partial charge is 0.361 e. The molecule has 3 aromatic rings. The second-order valence-electron chi connectivity index (χ2n) is 4.64. The van der Waals surface area contributed by atoms with Crippen LogP contribution in [0.4, 0.5) is 4.39 Å². The van der Waals surface area contributed by atoms with Gasteiger partial charge in [0.25, 0.3) is 0 Å². The van der Waals surface area contributed by atoms with Crippen molar-refractivity contribution in [2.75, 3.05) is 0 Å². The normalized spacial score (nSPS) is 11.8. The zero-order chi connectivity index (χ0) is 15.5. The number of nitrogens with zero attached hydrogens (tertiary/aromatic N) is 3. The zero-order valence-corrected chi connectivity index (χ0v) is 12.5. The van der Waals surface area contributed by atoms with Crippen molar-refractivity contribution in [3.8, 4) is 0 Å². The lowest BCUT2D eigenvalue weighted by atomic mass is 10.2. The van der Waals surface area contributed by atoms with Gasteiger partial charge in [-0.15, -0.1) is 11.3 Å². The van der Waals surface area contributed by atoms with E-state index in [1.165, 1.54) is 23.5 Å². The van der Waals surface area contributed by atoms with Crippen molar-refractivity contribution < 1.29 is 13.7 Å². The Balaban J connectivity index is 1.90. The third-order valence-corrected chi connectivity index (χ3v) is 3.80. The minimum absolute atomic E-state index is 0.156. The van der Waals surface area contributed by atoms with Crippen LogP contribution in [0.3, 0.4) is 0 Å². The fourth-order valence-corrected chi connectivity index (χ4v) is 2.65. The summed E-state index contributed by atoms with van der Waals surface area (Å²) in [6, 6.07) is 8.04. The van der Waals surface area contributed by atoms with E-state index >= 15 is 0 Å². The van der Waals surface area contributed by atoms with Gasteiger partial charge in [0.15, 0.2) is 10.5 Å². The first-order valence-corrected chi connectivity index (χ1v) is 7.41. The number of carbonyl (C=O) groups is 1. The van der Waals surface area contributed by atoms with Crippen molar-refractivity contribution in [1.29, 1.82) is 0 Å². The minimum Gasteiger partial charge on any atom is -0.361 e. The molecule has 2 heterocycles. The summed E-state index contributed by atoms with van der Waals surface area (Å²) in [6.07, 6.45) is 1.76. The molecule has 1 aromatic carbocycles. The van der Waals surface area contributed by atoms with Gasteiger partial charge in [-0.3, -0.25) is 4.79 Å². The van der Waals surface area contributed by atoms with E-state index in [1.54, 1.807) is 41.3 Å². The van der Waals surface area contributed by atoms with Crippen molar-refractivity contribution in [1.82, 2.24) is 9.72 Å². The van der Waals surface area contributed by atoms with Gasteiger partial charge < -0.3 is 9.09 Å². The number of halogens is 1. The van der Waals surface area contributed by atoms with Crippen molar-refractivity contribution >= 4 is 17.2 Å². The number of aromatic nitrogens is 2. The van der Waals surface area contributed by atoms with E-state index in [2.05, 4.69) is 10.1 Å². The number of amides is 1. The number of thiazole rings is 1. The molecule has 7 heteroatoms. The first kappa shape index (κ1) is 14.4. The molecular weight excluding hydrogens is 305 g/mol. The molecular formula is C15H12FN3O2S. The van der Waals surface area contributed by atoms with E-state index in [-0.39, 0.29) is 11.5 Å². The maximum Gasteiger partial charge on any atom is 0.301 e. The Kier molecular flexibility index (Phi) is 3.97. The van der Waals surface area contributed by atoms with Gasteiger partial charge in [-0.05, 0) is 13.0 Å². The second-order valence-corrected chi connectivity index (χ2v) is 5.52. The number of hydrogen-bond acceptors (Lipinski definition) is 4. The molecule has 1 amide bonds. The molecule has 112 valence electrons. The van der Waals surface area contributed by atoms with Crippen molar-refractivity contribution in [3.63, 3.8) is 0 Å². The first-order valence-electron chi connectivity index (χ1n) is 6.53. The minimum atomic E-state index is -0.485. The molecule has 3 rings (SSSR count). The summed E-state index contributed by atoms with van der Waals surface area (Å²) in [6.45, 7) is 2.01. The van der Waals surface area contributed by atoms with Crippen LogP contribution in [0.2, 0.25) is 0 Å². The predicted molar refractivity (Wildman–Crippen MR) is 78.9 cm³/mol. The highest BCUT2D eigenvalue weighted by Gasteiger charge is 2.10. The lowest BCUT2D eigenvalue weighted by Crippen LogP contribution is -2.17. The maximum absolute atomic E-state index is 13.7. The summed E-state index contributed by atoms with van der Waals surface area (Å²) < 4.78 is 20.3. The Morgan fingerprint density at radius 1 is 1.45 bits per heavy atom. The van der Waals surface area contributed by atoms with Gasteiger partial charge in [-0.2, -0.15) is 4.99 Å². The number of carbonyl (C=O) groups excluding carboxylic acids is 1. The second kappa shape index (κ2) is 6.07. The van der Waals surface area contributed by atoms with Crippen LogP contribution in [-0.2, 0) is 6.54 Å². The van der Waals surface area contributed by atoms with Crippen molar-refractivity contribution in [3.05, 3.63) is 69.5 Å². The van der Waals surface area contributed by atoms with E-state index in [0.717, 1.165) is 0 Å². The molecule has 2 aromatic heterocycles. The van der Waals surface area contributed by atoms with Gasteiger partial charge in [0, 0.05) is 23.2 Å². The van der Waals surface area contributed by atoms with E-state index in [0.29, 0.717) is 22.7 Å². The fraction of sp³-hybridized carbons (Fsp3) is 0.133. The fourth-order valence-electron chi connectivity index (χ4n) is 1.93. The number of benzene rings is 1. The quantitative estimate of drug-likeness (QED) is 0.746. The number of hydrogen-bond donors (Lipinski definition) is 0. The van der Waals surface area contributed by atoms with E-state index in [1.807, 2.05) is 0 Å². The SMILES string of the molecule is Cc1cc(C(=O)N=c2sccn2Cc2ccccc2F)no1. The molecule has 0 aliphatic rings. The van der Waals surface area contributed by atoms with Crippen molar-refractivity contribution in [2.24, 2.45) is 4.99 Å². The van der Waals surface area contributed by atoms with Gasteiger partial charge in [-0.25, -0.2) is 4.39 Å². The van der Waals surface area contributed by atoms with Gasteiger partial charge in [0.1, 0.15) is 11.6 Å². The third kappa shape index (κ3) is 3.04. The van der Waals surface area contributed by atoms with Crippen LogP contribution in [-0.4, -0.2) is 15.6 Å². The highest BCUT2D eigenvalue weighted by atomic mass is 32.1. The topological polar surface area (TPSA) is 60.4 Å². The van der Waals surface area contributed by atoms with Gasteiger partial charge in [0.05, 0.1) is 6.54 Å². The molecule has 0 aliphatic carbocycles. The van der Waals surface area contributed by atoms with Crippen LogP contribution < -0.4 is 4.80 Å². The van der Waals surface area contributed by atoms with Gasteiger partial charge in [0.2, 0.25) is 0 Å². The Bertz CT molecular complexity index is 879. The molecule has 0 radical (unpaired) electrons. The Labute approximate surface area is 129 Å². The Morgan fingerprint density at radius 2 is 2.27 bits per heavy atom. The summed E-state index contributed by atoms with van der Waals surface area (Å²) >= 11 is 1.30. The highest BCUT2D eigenvalue weighted by molar-refractivity contribution is 7.07. The van der Waals surface area contributed by atoms with E-state index in [4.69, 9.17) is 4.52 Å². The Morgan fingerprint density at radius 3 is 3.00 bits per heavy atom. The molecule has 0 N–H and O–H groups in total. The van der Waals surface area contributed by atoms with Gasteiger partial charge in [-0.1, -0.05) is 23.4 Å². The average molecular weight is 317 g/mol. The highest BCUT2D eigenvalue weighted by Crippen LogP contribution is 2.08. The number of rotatable bonds is 3. The van der Waals surface area contributed by atoms with Crippen LogP contribution in [0.25, 0.3) is 0 Å². The summed E-state index contributed by atoms with van der Waals surface area (Å²) in [7, 11) is 0. The summed E-state index contributed by atoms with van der Waals surface area (Å²) in [5.74, 6) is -0.226. The van der Waals surface area contributed by atoms with Crippen molar-refractivity contribution in [2.45, 2.75) is 13.5 Å². The molecule has 5 nitrogen and oxygen atoms in total. The van der Waals surface area contributed by atoms with Crippen LogP contribution in [0.5, 0.6) is 0 Å². The summed E-state index contributed by atoms with van der Waals surface area (Å²) in [5, 5.41) is 5.43. The lowest BCUT2D eigenvalue weighted by Gasteiger charge is -2.04. The monoisotopic (exact) mass is 317 g/mol. The lowest BCUT2D eigenvalue weighted by molar-refractivity contribution is 0.0989. The zero-order valence-electron chi connectivity index (χ0n) is 11.7. The first-order chi connectivity index (χ1) is 10.6. The third-order valence-electron chi connectivity index (χ3n) is 3.00. The molecule has 0 aliphatic heterocycles. The molecule has 0 atom stereocenters. The van der Waals surface area contributed by atoms with Crippen LogP contribution in [0.15, 0.2) is 51.4 Å². The van der Waals surface area contributed by atoms with Crippen LogP contribution in [0.1, 0.15) is 21.8 Å². The molecule has 0 saturated carbocycles. The van der Waals surface area contributed by atoms with E-state index < -0.39 is 5.91 Å². The number of aryl methyl sites for hydroxylation is 1. The standard InChI is InChI=1S/C15H12FN3O2S/c1-10-8-13(18-21-10)14(20)17-15-19(6-7-22-15)9-11-4-2-3-5-12(11)16/h2-8H,9H2,1H3. The van der Waals surface area contributed by atoms with Gasteiger partial charge >= 0.3 is 5.91 Å². The molecule has 0 unspecified atom stereocenters. The summed E-state index contributed by atoms with van der Waals surface area (Å²) in [4.78, 5) is 16.5. The summed E-state index contributed by atoms with van der Waals surface area (Å²) in [5.41, 5.74) is 0.690. The molecule has 22 heavy (non-hydrogen) atoms. The predicted octanol–water partition coefficient (Wildman–Crippen LogP) is 2.77. The van der Waals surface area contributed by atoms with E-state index in [9.17, 15) is 9.18 Å². The maximum atomic E-state index is 13.7. The average Bonchev–Trinajstić information content (AvgIpc) is 3.11.